The fraction of sp³-hybridized carbons (Fsp3) is 0.364. The standard InChI is InChI=1S/C22H23ClFN7O/c1-13(29-22-20-21(26-11-25-20)27-12-28-22)18-10-14-16(24)3-2-15(23)19(14)17(30-18)4-5-31-6-8-32-9-7-31/h2-3,10-13H,4-9H2,1H3,(H2,25,26,27,28,29)/t13-/m0/s1. The molecule has 3 aromatic heterocycles. The molecule has 0 bridgehead atoms. The predicted molar refractivity (Wildman–Crippen MR) is 121 cm³/mol. The number of anilines is 1. The Bertz CT molecular complexity index is 1260. The zero-order valence-electron chi connectivity index (χ0n) is 17.6. The van der Waals surface area contributed by atoms with Crippen LogP contribution in [0.15, 0.2) is 30.9 Å². The van der Waals surface area contributed by atoms with Crippen LogP contribution in [0.5, 0.6) is 0 Å². The van der Waals surface area contributed by atoms with Crippen LogP contribution in [-0.2, 0) is 11.2 Å². The summed E-state index contributed by atoms with van der Waals surface area (Å²) >= 11 is 6.49. The summed E-state index contributed by atoms with van der Waals surface area (Å²) in [4.78, 5) is 23.0. The lowest BCUT2D eigenvalue weighted by Gasteiger charge is -2.26. The van der Waals surface area contributed by atoms with Crippen LogP contribution < -0.4 is 5.32 Å². The lowest BCUT2D eigenvalue weighted by Crippen LogP contribution is -2.37. The summed E-state index contributed by atoms with van der Waals surface area (Å²) in [5.41, 5.74) is 2.78. The summed E-state index contributed by atoms with van der Waals surface area (Å²) in [6, 6.07) is 4.51. The molecule has 1 fully saturated rings. The van der Waals surface area contributed by atoms with Gasteiger partial charge in [-0.25, -0.2) is 19.3 Å². The average Bonchev–Trinajstić information content (AvgIpc) is 3.30. The zero-order chi connectivity index (χ0) is 22.1. The number of morpholine rings is 1. The molecule has 0 saturated carbocycles. The molecule has 32 heavy (non-hydrogen) atoms. The number of rotatable bonds is 6. The minimum atomic E-state index is -0.315. The van der Waals surface area contributed by atoms with Gasteiger partial charge in [0.15, 0.2) is 11.5 Å². The fourth-order valence-corrected chi connectivity index (χ4v) is 4.31. The predicted octanol–water partition coefficient (Wildman–Crippen LogP) is 3.74. The van der Waals surface area contributed by atoms with Gasteiger partial charge < -0.3 is 15.0 Å². The Kier molecular flexibility index (Phi) is 5.86. The normalized spacial score (nSPS) is 16.0. The molecule has 4 aromatic rings. The molecule has 5 rings (SSSR count). The van der Waals surface area contributed by atoms with E-state index in [2.05, 4.69) is 30.2 Å². The van der Waals surface area contributed by atoms with Gasteiger partial charge in [0, 0.05) is 36.8 Å². The van der Waals surface area contributed by atoms with Crippen LogP contribution in [0.2, 0.25) is 5.02 Å². The van der Waals surface area contributed by atoms with Crippen molar-refractivity contribution >= 4 is 39.4 Å². The van der Waals surface area contributed by atoms with Crippen LogP contribution in [0.3, 0.4) is 0 Å². The monoisotopic (exact) mass is 455 g/mol. The number of nitrogens with zero attached hydrogens (tertiary/aromatic N) is 5. The van der Waals surface area contributed by atoms with Gasteiger partial charge in [0.25, 0.3) is 0 Å². The van der Waals surface area contributed by atoms with Gasteiger partial charge in [-0.15, -0.1) is 0 Å². The third kappa shape index (κ3) is 4.11. The molecule has 1 atom stereocenters. The minimum Gasteiger partial charge on any atom is -0.379 e. The van der Waals surface area contributed by atoms with Crippen molar-refractivity contribution in [3.63, 3.8) is 0 Å². The number of pyridine rings is 1. The van der Waals surface area contributed by atoms with Gasteiger partial charge in [-0.05, 0) is 25.1 Å². The highest BCUT2D eigenvalue weighted by Crippen LogP contribution is 2.32. The van der Waals surface area contributed by atoms with Crippen molar-refractivity contribution in [2.75, 3.05) is 38.2 Å². The van der Waals surface area contributed by atoms with Crippen molar-refractivity contribution in [2.24, 2.45) is 0 Å². The van der Waals surface area contributed by atoms with Crippen LogP contribution in [0.1, 0.15) is 24.4 Å². The molecule has 0 unspecified atom stereocenters. The van der Waals surface area contributed by atoms with Gasteiger partial charge in [0.05, 0.1) is 42.0 Å². The average molecular weight is 456 g/mol. The van der Waals surface area contributed by atoms with Gasteiger partial charge in [-0.2, -0.15) is 0 Å². The minimum absolute atomic E-state index is 0.241. The summed E-state index contributed by atoms with van der Waals surface area (Å²) in [5, 5.41) is 4.99. The van der Waals surface area contributed by atoms with Crippen LogP contribution in [-0.4, -0.2) is 62.7 Å². The van der Waals surface area contributed by atoms with Gasteiger partial charge in [0.2, 0.25) is 0 Å². The summed E-state index contributed by atoms with van der Waals surface area (Å²) in [5.74, 6) is 0.275. The van der Waals surface area contributed by atoms with Gasteiger partial charge in [0.1, 0.15) is 17.7 Å². The number of hydrogen-bond acceptors (Lipinski definition) is 7. The number of hydrogen-bond donors (Lipinski definition) is 2. The Morgan fingerprint density at radius 2 is 2.09 bits per heavy atom. The lowest BCUT2D eigenvalue weighted by atomic mass is 10.0. The molecule has 0 amide bonds. The maximum absolute atomic E-state index is 14.8. The van der Waals surface area contributed by atoms with Crippen LogP contribution >= 0.6 is 11.6 Å². The van der Waals surface area contributed by atoms with Crippen molar-refractivity contribution in [3.05, 3.63) is 53.1 Å². The fourth-order valence-electron chi connectivity index (χ4n) is 4.03. The topological polar surface area (TPSA) is 91.9 Å². The number of halogens is 2. The number of benzene rings is 1. The second kappa shape index (κ2) is 8.93. The third-order valence-corrected chi connectivity index (χ3v) is 6.08. The van der Waals surface area contributed by atoms with Gasteiger partial charge >= 0.3 is 0 Å². The highest BCUT2D eigenvalue weighted by Gasteiger charge is 2.19. The number of imidazole rings is 1. The summed E-state index contributed by atoms with van der Waals surface area (Å²) in [6.07, 6.45) is 3.71. The molecule has 1 aliphatic rings. The first-order valence-corrected chi connectivity index (χ1v) is 11.0. The molecule has 8 nitrogen and oxygen atoms in total. The Balaban J connectivity index is 1.49. The quantitative estimate of drug-likeness (QED) is 0.457. The van der Waals surface area contributed by atoms with E-state index in [-0.39, 0.29) is 11.9 Å². The zero-order valence-corrected chi connectivity index (χ0v) is 18.4. The molecule has 166 valence electrons. The van der Waals surface area contributed by atoms with E-state index in [1.54, 1.807) is 18.5 Å². The molecule has 1 aromatic carbocycles. The number of fused-ring (bicyclic) bond motifs is 2. The Morgan fingerprint density at radius 3 is 2.94 bits per heavy atom. The van der Waals surface area contributed by atoms with Crippen LogP contribution in [0, 0.1) is 5.82 Å². The SMILES string of the molecule is C[C@H](Nc1ncnc2[nH]cnc12)c1cc2c(F)ccc(Cl)c2c(CCN2CCOCC2)n1. The van der Waals surface area contributed by atoms with Crippen molar-refractivity contribution < 1.29 is 9.13 Å². The van der Waals surface area contributed by atoms with Crippen LogP contribution in [0.25, 0.3) is 21.9 Å². The smallest absolute Gasteiger partial charge is 0.162 e. The molecule has 0 radical (unpaired) electrons. The van der Waals surface area contributed by atoms with E-state index < -0.39 is 0 Å². The lowest BCUT2D eigenvalue weighted by molar-refractivity contribution is 0.0384. The number of aromatic nitrogens is 5. The molecule has 0 spiro atoms. The number of ether oxygens (including phenoxy) is 1. The summed E-state index contributed by atoms with van der Waals surface area (Å²) in [7, 11) is 0. The van der Waals surface area contributed by atoms with Crippen LogP contribution in [0.4, 0.5) is 10.2 Å². The molecule has 1 saturated heterocycles. The third-order valence-electron chi connectivity index (χ3n) is 5.77. The first-order valence-electron chi connectivity index (χ1n) is 10.6. The Morgan fingerprint density at radius 1 is 1.25 bits per heavy atom. The Labute approximate surface area is 189 Å². The number of aromatic amines is 1. The molecule has 4 heterocycles. The molecule has 0 aliphatic carbocycles. The maximum Gasteiger partial charge on any atom is 0.162 e. The van der Waals surface area contributed by atoms with E-state index in [0.29, 0.717) is 44.9 Å². The maximum atomic E-state index is 14.8. The van der Waals surface area contributed by atoms with Crippen molar-refractivity contribution in [3.8, 4) is 0 Å². The van der Waals surface area contributed by atoms with E-state index in [9.17, 15) is 4.39 Å². The largest absolute Gasteiger partial charge is 0.379 e. The van der Waals surface area contributed by atoms with E-state index in [1.165, 1.54) is 12.4 Å². The second-order valence-corrected chi connectivity index (χ2v) is 8.24. The van der Waals surface area contributed by atoms with E-state index in [4.69, 9.17) is 21.3 Å². The highest BCUT2D eigenvalue weighted by atomic mass is 35.5. The van der Waals surface area contributed by atoms with E-state index in [0.717, 1.165) is 38.5 Å². The van der Waals surface area contributed by atoms with E-state index >= 15 is 0 Å². The Hall–Kier alpha value is -2.88. The molecule has 1 aliphatic heterocycles. The highest BCUT2D eigenvalue weighted by molar-refractivity contribution is 6.35. The summed E-state index contributed by atoms with van der Waals surface area (Å²) < 4.78 is 20.2. The van der Waals surface area contributed by atoms with Gasteiger partial charge in [-0.3, -0.25) is 9.88 Å². The molecular weight excluding hydrogens is 433 g/mol. The number of H-pyrrole nitrogens is 1. The molecule has 2 N–H and O–H groups in total. The first-order chi connectivity index (χ1) is 15.6. The van der Waals surface area contributed by atoms with Gasteiger partial charge in [-0.1, -0.05) is 11.6 Å². The molecular formula is C22H23ClFN7O. The van der Waals surface area contributed by atoms with Crippen molar-refractivity contribution in [2.45, 2.75) is 19.4 Å². The second-order valence-electron chi connectivity index (χ2n) is 7.84. The first kappa shape index (κ1) is 21.0. The molecule has 10 heteroatoms. The number of nitrogens with one attached hydrogen (secondary N) is 2. The van der Waals surface area contributed by atoms with E-state index in [1.807, 2.05) is 6.92 Å². The van der Waals surface area contributed by atoms with Crippen molar-refractivity contribution in [1.82, 2.24) is 29.8 Å². The summed E-state index contributed by atoms with van der Waals surface area (Å²) in [6.45, 7) is 5.98. The van der Waals surface area contributed by atoms with Crippen molar-refractivity contribution in [1.29, 1.82) is 0 Å².